The molecule has 0 unspecified atom stereocenters. The van der Waals surface area contributed by atoms with E-state index in [1.807, 2.05) is 24.3 Å². The van der Waals surface area contributed by atoms with Crippen molar-refractivity contribution in [1.29, 1.82) is 0 Å². The number of carbonyl (C=O) groups excluding carboxylic acids is 1. The van der Waals surface area contributed by atoms with Crippen molar-refractivity contribution < 1.29 is 9.53 Å². The Hall–Kier alpha value is -0.330. The van der Waals surface area contributed by atoms with Crippen molar-refractivity contribution in [3.8, 4) is 0 Å². The van der Waals surface area contributed by atoms with Gasteiger partial charge < -0.3 is 9.72 Å². The predicted octanol–water partition coefficient (Wildman–Crippen LogP) is 4.09. The molecule has 2 rings (SSSR count). The molecule has 0 aliphatic rings. The Morgan fingerprint density at radius 2 is 2.00 bits per heavy atom. The molecular formula is C12H10Br3NO2. The first-order valence-corrected chi connectivity index (χ1v) is 7.65. The first-order valence-electron chi connectivity index (χ1n) is 5.27. The molecular weight excluding hydrogens is 430 g/mol. The number of nitrogens with one attached hydrogen (secondary N) is 1. The van der Waals surface area contributed by atoms with E-state index in [1.54, 1.807) is 0 Å². The summed E-state index contributed by atoms with van der Waals surface area (Å²) >= 11 is 9.33. The number of benzene rings is 1. The number of hydrogen-bond donors (Lipinski definition) is 1. The van der Waals surface area contributed by atoms with Gasteiger partial charge in [0.2, 0.25) is 2.14 Å². The van der Waals surface area contributed by atoms with Crippen LogP contribution in [-0.4, -0.2) is 19.7 Å². The molecule has 18 heavy (non-hydrogen) atoms. The fraction of sp³-hybridized carbons (Fsp3) is 0.250. The Morgan fingerprint density at radius 3 is 2.67 bits per heavy atom. The van der Waals surface area contributed by atoms with Gasteiger partial charge in [-0.2, -0.15) is 0 Å². The quantitative estimate of drug-likeness (QED) is 0.578. The Balaban J connectivity index is 1.93. The second kappa shape index (κ2) is 5.75. The van der Waals surface area contributed by atoms with Crippen molar-refractivity contribution in [1.82, 2.24) is 4.98 Å². The summed E-state index contributed by atoms with van der Waals surface area (Å²) in [6.07, 6.45) is 0.656. The number of rotatable bonds is 3. The maximum Gasteiger partial charge on any atom is 0.344 e. The van der Waals surface area contributed by atoms with Crippen LogP contribution in [0.2, 0.25) is 0 Å². The number of H-pyrrole nitrogens is 1. The van der Waals surface area contributed by atoms with Crippen molar-refractivity contribution >= 4 is 64.7 Å². The second-order valence-electron chi connectivity index (χ2n) is 3.77. The van der Waals surface area contributed by atoms with Gasteiger partial charge in [-0.05, 0) is 65.3 Å². The van der Waals surface area contributed by atoms with Crippen molar-refractivity contribution in [3.63, 3.8) is 0 Å². The molecule has 0 aliphatic carbocycles. The van der Waals surface area contributed by atoms with Gasteiger partial charge in [-0.25, -0.2) is 4.79 Å². The zero-order valence-corrected chi connectivity index (χ0v) is 14.0. The standard InChI is InChI=1S/C12H10Br3NO2/c13-12(14,15)11(17)18-6-5-9-7-8-3-1-2-4-10(8)16-9/h1-4,7,16H,5-6H2. The molecule has 1 aromatic heterocycles. The minimum absolute atomic E-state index is 0.330. The number of halogens is 3. The summed E-state index contributed by atoms with van der Waals surface area (Å²) in [5.41, 5.74) is 2.14. The van der Waals surface area contributed by atoms with E-state index < -0.39 is 8.11 Å². The topological polar surface area (TPSA) is 42.1 Å². The van der Waals surface area contributed by atoms with Gasteiger partial charge in [0.25, 0.3) is 0 Å². The molecule has 1 aromatic carbocycles. The lowest BCUT2D eigenvalue weighted by atomic mass is 10.2. The maximum atomic E-state index is 11.5. The van der Waals surface area contributed by atoms with Crippen LogP contribution in [0.5, 0.6) is 0 Å². The Kier molecular flexibility index (Phi) is 4.50. The molecule has 3 nitrogen and oxygen atoms in total. The molecule has 0 bridgehead atoms. The zero-order chi connectivity index (χ0) is 13.2. The molecule has 0 amide bonds. The van der Waals surface area contributed by atoms with E-state index in [0.717, 1.165) is 16.6 Å². The highest BCUT2D eigenvalue weighted by molar-refractivity contribution is 9.40. The minimum atomic E-state index is -0.993. The van der Waals surface area contributed by atoms with Gasteiger partial charge in [0.1, 0.15) is 0 Å². The van der Waals surface area contributed by atoms with Crippen LogP contribution in [0.15, 0.2) is 30.3 Å². The summed E-state index contributed by atoms with van der Waals surface area (Å²) in [6.45, 7) is 0.330. The van der Waals surface area contributed by atoms with Crippen LogP contribution in [0.1, 0.15) is 5.69 Å². The van der Waals surface area contributed by atoms with Crippen LogP contribution in [-0.2, 0) is 16.0 Å². The van der Waals surface area contributed by atoms with Crippen molar-refractivity contribution in [2.75, 3.05) is 6.61 Å². The number of ether oxygens (including phenoxy) is 1. The minimum Gasteiger partial charge on any atom is -0.463 e. The van der Waals surface area contributed by atoms with Gasteiger partial charge in [-0.3, -0.25) is 0 Å². The first kappa shape index (κ1) is 14.1. The Bertz CT molecular complexity index is 527. The summed E-state index contributed by atoms with van der Waals surface area (Å²) < 4.78 is 4.11. The lowest BCUT2D eigenvalue weighted by Gasteiger charge is -2.10. The van der Waals surface area contributed by atoms with Crippen LogP contribution in [0.3, 0.4) is 0 Å². The number of hydrogen-bond acceptors (Lipinski definition) is 2. The smallest absolute Gasteiger partial charge is 0.344 e. The third kappa shape index (κ3) is 3.59. The number of alkyl halides is 3. The predicted molar refractivity (Wildman–Crippen MR) is 82.5 cm³/mol. The molecule has 0 radical (unpaired) electrons. The summed E-state index contributed by atoms with van der Waals surface area (Å²) in [7, 11) is 0. The van der Waals surface area contributed by atoms with Crippen LogP contribution in [0.25, 0.3) is 10.9 Å². The van der Waals surface area contributed by atoms with E-state index in [2.05, 4.69) is 58.8 Å². The van der Waals surface area contributed by atoms with Gasteiger partial charge in [-0.1, -0.05) is 18.2 Å². The molecule has 1 N–H and O–H groups in total. The highest BCUT2D eigenvalue weighted by Crippen LogP contribution is 2.34. The van der Waals surface area contributed by atoms with Gasteiger partial charge >= 0.3 is 5.97 Å². The Labute approximate surface area is 130 Å². The number of esters is 1. The van der Waals surface area contributed by atoms with Crippen molar-refractivity contribution in [3.05, 3.63) is 36.0 Å². The molecule has 0 aliphatic heterocycles. The summed E-state index contributed by atoms with van der Waals surface area (Å²) in [4.78, 5) is 14.7. The third-order valence-corrected chi connectivity index (χ3v) is 3.39. The largest absolute Gasteiger partial charge is 0.463 e. The molecule has 0 atom stereocenters. The molecule has 6 heteroatoms. The van der Waals surface area contributed by atoms with E-state index >= 15 is 0 Å². The monoisotopic (exact) mass is 437 g/mol. The molecule has 0 saturated carbocycles. The first-order chi connectivity index (χ1) is 8.47. The van der Waals surface area contributed by atoms with E-state index in [0.29, 0.717) is 13.0 Å². The molecule has 96 valence electrons. The van der Waals surface area contributed by atoms with Gasteiger partial charge in [0.05, 0.1) is 6.61 Å². The lowest BCUT2D eigenvalue weighted by molar-refractivity contribution is -0.141. The van der Waals surface area contributed by atoms with Gasteiger partial charge in [-0.15, -0.1) is 0 Å². The highest BCUT2D eigenvalue weighted by Gasteiger charge is 2.30. The number of para-hydroxylation sites is 1. The van der Waals surface area contributed by atoms with E-state index in [-0.39, 0.29) is 0 Å². The van der Waals surface area contributed by atoms with Crippen LogP contribution in [0.4, 0.5) is 0 Å². The summed E-state index contributed by atoms with van der Waals surface area (Å²) in [5.74, 6) is -0.404. The van der Waals surface area contributed by atoms with Gasteiger partial charge in [0, 0.05) is 17.6 Å². The fourth-order valence-corrected chi connectivity index (χ4v) is 1.95. The molecule has 0 fully saturated rings. The van der Waals surface area contributed by atoms with E-state index in [1.165, 1.54) is 0 Å². The summed E-state index contributed by atoms with van der Waals surface area (Å²) in [5, 5.41) is 1.16. The highest BCUT2D eigenvalue weighted by atomic mass is 80.0. The molecule has 1 heterocycles. The molecule has 0 spiro atoms. The van der Waals surface area contributed by atoms with Crippen LogP contribution in [0, 0.1) is 0 Å². The number of aromatic amines is 1. The fourth-order valence-electron chi connectivity index (χ4n) is 1.60. The number of carbonyl (C=O) groups is 1. The molecule has 0 saturated heterocycles. The van der Waals surface area contributed by atoms with E-state index in [9.17, 15) is 4.79 Å². The molecule has 2 aromatic rings. The SMILES string of the molecule is O=C(OCCc1cc2ccccc2[nH]1)C(Br)(Br)Br. The van der Waals surface area contributed by atoms with Crippen LogP contribution >= 0.6 is 47.8 Å². The average Bonchev–Trinajstić information content (AvgIpc) is 2.70. The lowest BCUT2D eigenvalue weighted by Crippen LogP contribution is -2.21. The Morgan fingerprint density at radius 1 is 1.28 bits per heavy atom. The average molecular weight is 440 g/mol. The van der Waals surface area contributed by atoms with Crippen molar-refractivity contribution in [2.45, 2.75) is 8.56 Å². The maximum absolute atomic E-state index is 11.5. The van der Waals surface area contributed by atoms with Crippen LogP contribution < -0.4 is 0 Å². The van der Waals surface area contributed by atoms with E-state index in [4.69, 9.17) is 4.74 Å². The van der Waals surface area contributed by atoms with Crippen molar-refractivity contribution in [2.24, 2.45) is 0 Å². The normalized spacial score (nSPS) is 11.7. The second-order valence-corrected chi connectivity index (χ2v) is 10.5. The third-order valence-electron chi connectivity index (χ3n) is 2.42. The number of aromatic nitrogens is 1. The summed E-state index contributed by atoms with van der Waals surface area (Å²) in [6, 6.07) is 10.1. The van der Waals surface area contributed by atoms with Gasteiger partial charge in [0.15, 0.2) is 0 Å². The zero-order valence-electron chi connectivity index (χ0n) is 9.25. The number of fused-ring (bicyclic) bond motifs is 1.